The van der Waals surface area contributed by atoms with Crippen LogP contribution in [-0.4, -0.2) is 40.7 Å². The summed E-state index contributed by atoms with van der Waals surface area (Å²) in [5.41, 5.74) is 3.82. The minimum Gasteiger partial charge on any atom is -0.495 e. The van der Waals surface area contributed by atoms with Crippen LogP contribution in [0.4, 0.5) is 11.4 Å². The number of hydrogen-bond donors (Lipinski definition) is 2. The summed E-state index contributed by atoms with van der Waals surface area (Å²) in [6, 6.07) is 13.4. The zero-order valence-corrected chi connectivity index (χ0v) is 19.6. The number of nitrogens with one attached hydrogen (secondary N) is 2. The zero-order chi connectivity index (χ0) is 22.9. The largest absolute Gasteiger partial charge is 0.495 e. The molecule has 2 atom stereocenters. The van der Waals surface area contributed by atoms with E-state index >= 15 is 0 Å². The van der Waals surface area contributed by atoms with E-state index in [1.54, 1.807) is 37.6 Å². The number of methoxy groups -OCH3 is 1. The molecule has 2 aromatic carbocycles. The molecule has 1 fully saturated rings. The second kappa shape index (κ2) is 8.88. The highest BCUT2D eigenvalue weighted by Crippen LogP contribution is 2.33. The Labute approximate surface area is 189 Å². The number of rotatable bonds is 6. The highest BCUT2D eigenvalue weighted by molar-refractivity contribution is 7.92. The van der Waals surface area contributed by atoms with Crippen LogP contribution in [0.15, 0.2) is 64.3 Å². The Morgan fingerprint density at radius 1 is 1.06 bits per heavy atom. The van der Waals surface area contributed by atoms with Gasteiger partial charge in [0.25, 0.3) is 10.0 Å². The van der Waals surface area contributed by atoms with E-state index in [0.717, 1.165) is 29.9 Å². The molecule has 4 rings (SSSR count). The minimum atomic E-state index is -3.82. The SMILES string of the molecule is COc1ccc(N2C[C@@H](C)N[C@@H](C)C2)cc1NS(=O)(=O)c1ccc(-c2ccoc2)cc1C. The van der Waals surface area contributed by atoms with E-state index in [1.165, 1.54) is 7.11 Å². The quantitative estimate of drug-likeness (QED) is 0.578. The molecule has 1 saturated heterocycles. The number of ether oxygens (including phenoxy) is 1. The topological polar surface area (TPSA) is 83.8 Å². The lowest BCUT2D eigenvalue weighted by molar-refractivity contribution is 0.406. The van der Waals surface area contributed by atoms with Crippen molar-refractivity contribution in [3.63, 3.8) is 0 Å². The Morgan fingerprint density at radius 3 is 2.44 bits per heavy atom. The standard InChI is InChI=1S/C24H29N3O4S/c1-16-11-19(20-9-10-31-15-20)5-8-24(16)32(28,29)26-22-12-21(6-7-23(22)30-4)27-13-17(2)25-18(3)14-27/h5-12,15,17-18,25-26H,13-14H2,1-4H3/t17-,18+. The van der Waals surface area contributed by atoms with Gasteiger partial charge in [-0.1, -0.05) is 6.07 Å². The highest BCUT2D eigenvalue weighted by atomic mass is 32.2. The maximum atomic E-state index is 13.3. The molecule has 0 radical (unpaired) electrons. The number of piperazine rings is 1. The van der Waals surface area contributed by atoms with E-state index in [9.17, 15) is 8.42 Å². The summed E-state index contributed by atoms with van der Waals surface area (Å²) in [5.74, 6) is 0.473. The van der Waals surface area contributed by atoms with Gasteiger partial charge in [-0.05, 0) is 68.3 Å². The summed E-state index contributed by atoms with van der Waals surface area (Å²) in [7, 11) is -2.28. The molecular weight excluding hydrogens is 426 g/mol. The monoisotopic (exact) mass is 455 g/mol. The van der Waals surface area contributed by atoms with Crippen molar-refractivity contribution in [3.05, 3.63) is 60.6 Å². The molecule has 2 N–H and O–H groups in total. The lowest BCUT2D eigenvalue weighted by Gasteiger charge is -2.38. The smallest absolute Gasteiger partial charge is 0.262 e. The Morgan fingerprint density at radius 2 is 1.81 bits per heavy atom. The molecule has 0 aliphatic carbocycles. The van der Waals surface area contributed by atoms with E-state index < -0.39 is 10.0 Å². The predicted molar refractivity (Wildman–Crippen MR) is 127 cm³/mol. The number of benzene rings is 2. The molecule has 2 heterocycles. The van der Waals surface area contributed by atoms with Crippen molar-refractivity contribution < 1.29 is 17.6 Å². The summed E-state index contributed by atoms with van der Waals surface area (Å²) in [6.45, 7) is 7.77. The molecule has 3 aromatic rings. The molecule has 1 aliphatic rings. The number of sulfonamides is 1. The first-order chi connectivity index (χ1) is 15.3. The number of anilines is 2. The molecule has 32 heavy (non-hydrogen) atoms. The van der Waals surface area contributed by atoms with Crippen LogP contribution < -0.4 is 19.7 Å². The third kappa shape index (κ3) is 4.61. The van der Waals surface area contributed by atoms with E-state index in [0.29, 0.717) is 29.1 Å². The van der Waals surface area contributed by atoms with E-state index in [-0.39, 0.29) is 4.90 Å². The first kappa shape index (κ1) is 22.2. The van der Waals surface area contributed by atoms with Gasteiger partial charge in [-0.3, -0.25) is 4.72 Å². The van der Waals surface area contributed by atoms with Crippen molar-refractivity contribution >= 4 is 21.4 Å². The first-order valence-electron chi connectivity index (χ1n) is 10.6. The Kier molecular flexibility index (Phi) is 6.17. The normalized spacial score (nSPS) is 19.1. The second-order valence-electron chi connectivity index (χ2n) is 8.36. The fourth-order valence-corrected chi connectivity index (χ4v) is 5.56. The molecule has 0 spiro atoms. The predicted octanol–water partition coefficient (Wildman–Crippen LogP) is 4.25. The molecule has 0 saturated carbocycles. The fraction of sp³-hybridized carbons (Fsp3) is 0.333. The first-order valence-corrected chi connectivity index (χ1v) is 12.1. The second-order valence-corrected chi connectivity index (χ2v) is 10.0. The van der Waals surface area contributed by atoms with Crippen molar-refractivity contribution in [1.29, 1.82) is 0 Å². The fourth-order valence-electron chi connectivity index (χ4n) is 4.27. The Hall–Kier alpha value is -2.97. The Balaban J connectivity index is 1.64. The third-order valence-electron chi connectivity index (χ3n) is 5.67. The van der Waals surface area contributed by atoms with Gasteiger partial charge in [0.15, 0.2) is 0 Å². The van der Waals surface area contributed by atoms with Gasteiger partial charge in [0.1, 0.15) is 5.75 Å². The van der Waals surface area contributed by atoms with Crippen LogP contribution in [0.5, 0.6) is 5.75 Å². The number of aryl methyl sites for hydroxylation is 1. The van der Waals surface area contributed by atoms with Crippen molar-refractivity contribution in [2.24, 2.45) is 0 Å². The van der Waals surface area contributed by atoms with Gasteiger partial charge < -0.3 is 19.4 Å². The van der Waals surface area contributed by atoms with Gasteiger partial charge in [0, 0.05) is 36.4 Å². The van der Waals surface area contributed by atoms with Crippen LogP contribution in [0.25, 0.3) is 11.1 Å². The van der Waals surface area contributed by atoms with E-state index in [1.807, 2.05) is 24.3 Å². The van der Waals surface area contributed by atoms with Crippen molar-refractivity contribution in [3.8, 4) is 16.9 Å². The molecule has 0 amide bonds. The molecule has 0 unspecified atom stereocenters. The summed E-state index contributed by atoms with van der Waals surface area (Å²) in [6.07, 6.45) is 3.23. The van der Waals surface area contributed by atoms with Crippen molar-refractivity contribution in [1.82, 2.24) is 5.32 Å². The molecule has 1 aromatic heterocycles. The molecular formula is C24H29N3O4S. The summed E-state index contributed by atoms with van der Waals surface area (Å²) < 4.78 is 39.9. The lowest BCUT2D eigenvalue weighted by atomic mass is 10.1. The van der Waals surface area contributed by atoms with Gasteiger partial charge in [-0.25, -0.2) is 8.42 Å². The van der Waals surface area contributed by atoms with Crippen molar-refractivity contribution in [2.45, 2.75) is 37.8 Å². The zero-order valence-electron chi connectivity index (χ0n) is 18.8. The van der Waals surface area contributed by atoms with E-state index in [2.05, 4.69) is 28.8 Å². The molecule has 7 nitrogen and oxygen atoms in total. The average Bonchev–Trinajstić information content (AvgIpc) is 3.27. The Bertz CT molecular complexity index is 1180. The van der Waals surface area contributed by atoms with Crippen LogP contribution >= 0.6 is 0 Å². The minimum absolute atomic E-state index is 0.224. The van der Waals surface area contributed by atoms with Crippen LogP contribution in [0.2, 0.25) is 0 Å². The van der Waals surface area contributed by atoms with Gasteiger partial charge in [-0.15, -0.1) is 0 Å². The maximum Gasteiger partial charge on any atom is 0.262 e. The van der Waals surface area contributed by atoms with Gasteiger partial charge >= 0.3 is 0 Å². The van der Waals surface area contributed by atoms with E-state index in [4.69, 9.17) is 9.15 Å². The summed E-state index contributed by atoms with van der Waals surface area (Å²) >= 11 is 0. The molecule has 170 valence electrons. The molecule has 1 aliphatic heterocycles. The van der Waals surface area contributed by atoms with Crippen LogP contribution in [-0.2, 0) is 10.0 Å². The average molecular weight is 456 g/mol. The maximum absolute atomic E-state index is 13.3. The number of nitrogens with zero attached hydrogens (tertiary/aromatic N) is 1. The lowest BCUT2D eigenvalue weighted by Crippen LogP contribution is -2.54. The summed E-state index contributed by atoms with van der Waals surface area (Å²) in [5, 5.41) is 3.51. The number of furan rings is 1. The van der Waals surface area contributed by atoms with Gasteiger partial charge in [0.2, 0.25) is 0 Å². The van der Waals surface area contributed by atoms with Crippen LogP contribution in [0, 0.1) is 6.92 Å². The number of hydrogen-bond acceptors (Lipinski definition) is 6. The van der Waals surface area contributed by atoms with Crippen molar-refractivity contribution in [2.75, 3.05) is 29.8 Å². The highest BCUT2D eigenvalue weighted by Gasteiger charge is 2.24. The summed E-state index contributed by atoms with van der Waals surface area (Å²) in [4.78, 5) is 2.48. The molecule has 8 heteroatoms. The van der Waals surface area contributed by atoms with Crippen LogP contribution in [0.3, 0.4) is 0 Å². The van der Waals surface area contributed by atoms with Crippen LogP contribution in [0.1, 0.15) is 19.4 Å². The van der Waals surface area contributed by atoms with Gasteiger partial charge in [0.05, 0.1) is 30.2 Å². The third-order valence-corrected chi connectivity index (χ3v) is 7.19. The van der Waals surface area contributed by atoms with Gasteiger partial charge in [-0.2, -0.15) is 0 Å². The molecule has 0 bridgehead atoms.